The third kappa shape index (κ3) is 5.52. The molecule has 0 aliphatic rings. The Morgan fingerprint density at radius 1 is 1.10 bits per heavy atom. The van der Waals surface area contributed by atoms with E-state index in [0.717, 1.165) is 16.9 Å². The quantitative estimate of drug-likeness (QED) is 0.523. The Morgan fingerprint density at radius 3 is 2.52 bits per heavy atom. The van der Waals surface area contributed by atoms with Crippen molar-refractivity contribution in [2.45, 2.75) is 11.3 Å². The molecule has 9 heteroatoms. The molecule has 0 aliphatic heterocycles. The standard InChI is InChI=1S/C20H21Cl2N5OS/c1-27(2)29(28)14-8-6-13(7-9-14)10-11-24-18-12-17(25-20(23)26-18)15-4-3-5-16(21)19(15)22/h3-9,12H,10-11H2,1-2H3,(H3,23,24,25,26). The Bertz CT molecular complexity index is 985. The molecule has 3 rings (SSSR count). The molecule has 3 aromatic rings. The van der Waals surface area contributed by atoms with Gasteiger partial charge in [0.1, 0.15) is 5.82 Å². The number of halogens is 2. The molecule has 3 N–H and O–H groups in total. The van der Waals surface area contributed by atoms with E-state index < -0.39 is 11.4 Å². The van der Waals surface area contributed by atoms with Gasteiger partial charge in [0.25, 0.3) is 0 Å². The highest BCUT2D eigenvalue weighted by atomic mass is 35.5. The van der Waals surface area contributed by atoms with Crippen LogP contribution in [0.1, 0.15) is 5.56 Å². The van der Waals surface area contributed by atoms with Crippen LogP contribution >= 0.6 is 23.2 Å². The zero-order valence-corrected chi connectivity index (χ0v) is 18.4. The summed E-state index contributed by atoms with van der Waals surface area (Å²) in [6.07, 6.45) is 0.770. The smallest absolute Gasteiger partial charge is 0.222 e. The van der Waals surface area contributed by atoms with Crippen LogP contribution in [-0.4, -0.2) is 39.5 Å². The molecule has 1 aromatic heterocycles. The van der Waals surface area contributed by atoms with Gasteiger partial charge in [-0.15, -0.1) is 4.31 Å². The molecule has 29 heavy (non-hydrogen) atoms. The molecular weight excluding hydrogens is 429 g/mol. The second-order valence-electron chi connectivity index (χ2n) is 6.48. The number of nitrogen functional groups attached to an aromatic ring is 1. The first-order valence-electron chi connectivity index (χ1n) is 8.86. The Balaban J connectivity index is 1.67. The maximum Gasteiger partial charge on any atom is 0.222 e. The summed E-state index contributed by atoms with van der Waals surface area (Å²) < 4.78 is 13.7. The van der Waals surface area contributed by atoms with E-state index in [0.29, 0.717) is 33.7 Å². The molecular formula is C20H21Cl2N5OS. The van der Waals surface area contributed by atoms with E-state index in [1.807, 2.05) is 36.4 Å². The minimum absolute atomic E-state index is 0.150. The lowest BCUT2D eigenvalue weighted by molar-refractivity contribution is 0.520. The van der Waals surface area contributed by atoms with Gasteiger partial charge in [-0.3, -0.25) is 0 Å². The maximum absolute atomic E-state index is 12.1. The molecule has 152 valence electrons. The van der Waals surface area contributed by atoms with Crippen LogP contribution in [0, 0.1) is 0 Å². The van der Waals surface area contributed by atoms with Crippen molar-refractivity contribution in [1.29, 1.82) is 0 Å². The molecule has 0 fully saturated rings. The molecule has 0 aliphatic carbocycles. The molecule has 0 amide bonds. The minimum atomic E-state index is -1.14. The first-order chi connectivity index (χ1) is 13.8. The number of nitrogens with two attached hydrogens (primary N) is 1. The van der Waals surface area contributed by atoms with Crippen molar-refractivity contribution in [2.24, 2.45) is 0 Å². The number of hydrogen-bond donors (Lipinski definition) is 2. The minimum Gasteiger partial charge on any atom is -0.593 e. The van der Waals surface area contributed by atoms with Gasteiger partial charge in [-0.2, -0.15) is 4.98 Å². The topological polar surface area (TPSA) is 90.1 Å². The summed E-state index contributed by atoms with van der Waals surface area (Å²) in [5.41, 5.74) is 8.28. The summed E-state index contributed by atoms with van der Waals surface area (Å²) in [6, 6.07) is 14.9. The van der Waals surface area contributed by atoms with E-state index in [1.165, 1.54) is 0 Å². The Labute approximate surface area is 183 Å². The average Bonchev–Trinajstić information content (AvgIpc) is 2.69. The highest BCUT2D eigenvalue weighted by Gasteiger charge is 2.14. The lowest BCUT2D eigenvalue weighted by Gasteiger charge is -2.15. The van der Waals surface area contributed by atoms with Crippen molar-refractivity contribution >= 4 is 46.3 Å². The Morgan fingerprint density at radius 2 is 1.83 bits per heavy atom. The van der Waals surface area contributed by atoms with Crippen LogP contribution in [0.15, 0.2) is 53.4 Å². The first-order valence-corrected chi connectivity index (χ1v) is 10.7. The Kier molecular flexibility index (Phi) is 7.21. The van der Waals surface area contributed by atoms with E-state index in [2.05, 4.69) is 15.3 Å². The number of nitrogens with one attached hydrogen (secondary N) is 1. The molecule has 0 spiro atoms. The van der Waals surface area contributed by atoms with Gasteiger partial charge in [0, 0.05) is 32.3 Å². The third-order valence-electron chi connectivity index (χ3n) is 4.15. The molecule has 1 atom stereocenters. The number of rotatable bonds is 7. The summed E-state index contributed by atoms with van der Waals surface area (Å²) in [7, 11) is 3.57. The Hall–Kier alpha value is -2.03. The van der Waals surface area contributed by atoms with Crippen LogP contribution in [0.4, 0.5) is 11.8 Å². The summed E-state index contributed by atoms with van der Waals surface area (Å²) in [5, 5.41) is 4.14. The zero-order valence-electron chi connectivity index (χ0n) is 16.0. The van der Waals surface area contributed by atoms with Gasteiger partial charge in [0.15, 0.2) is 4.90 Å². The SMILES string of the molecule is CN(C)[S+]([O-])c1ccc(CCNc2cc(-c3cccc(Cl)c3Cl)nc(N)n2)cc1. The zero-order chi connectivity index (χ0) is 21.0. The first kappa shape index (κ1) is 21.7. The van der Waals surface area contributed by atoms with Gasteiger partial charge in [-0.25, -0.2) is 4.98 Å². The van der Waals surface area contributed by atoms with Gasteiger partial charge in [-0.05, 0) is 30.2 Å². The molecule has 1 unspecified atom stereocenters. The van der Waals surface area contributed by atoms with Gasteiger partial charge < -0.3 is 15.6 Å². The van der Waals surface area contributed by atoms with E-state index in [9.17, 15) is 4.55 Å². The van der Waals surface area contributed by atoms with Crippen LogP contribution in [-0.2, 0) is 17.8 Å². The average molecular weight is 450 g/mol. The van der Waals surface area contributed by atoms with E-state index in [4.69, 9.17) is 28.9 Å². The fraction of sp³-hybridized carbons (Fsp3) is 0.200. The number of nitrogens with zero attached hydrogens (tertiary/aromatic N) is 3. The summed E-state index contributed by atoms with van der Waals surface area (Å²) in [5.74, 6) is 0.755. The molecule has 0 saturated heterocycles. The van der Waals surface area contributed by atoms with Crippen LogP contribution in [0.5, 0.6) is 0 Å². The number of aromatic nitrogens is 2. The maximum atomic E-state index is 12.1. The highest BCUT2D eigenvalue weighted by Crippen LogP contribution is 2.33. The lowest BCUT2D eigenvalue weighted by atomic mass is 10.1. The number of benzene rings is 2. The third-order valence-corrected chi connectivity index (χ3v) is 6.31. The highest BCUT2D eigenvalue weighted by molar-refractivity contribution is 7.89. The second-order valence-corrected chi connectivity index (χ2v) is 8.97. The summed E-state index contributed by atoms with van der Waals surface area (Å²) in [4.78, 5) is 9.27. The van der Waals surface area contributed by atoms with Crippen LogP contribution in [0.25, 0.3) is 11.3 Å². The molecule has 6 nitrogen and oxygen atoms in total. The normalized spacial score (nSPS) is 12.2. The lowest BCUT2D eigenvalue weighted by Crippen LogP contribution is -2.22. The summed E-state index contributed by atoms with van der Waals surface area (Å²) >= 11 is 11.3. The number of hydrogen-bond acceptors (Lipinski definition) is 6. The van der Waals surface area contributed by atoms with Crippen molar-refractivity contribution in [1.82, 2.24) is 14.3 Å². The molecule has 0 bridgehead atoms. The molecule has 0 saturated carbocycles. The van der Waals surface area contributed by atoms with Crippen molar-refractivity contribution in [3.63, 3.8) is 0 Å². The van der Waals surface area contributed by atoms with Crippen molar-refractivity contribution in [2.75, 3.05) is 31.7 Å². The fourth-order valence-electron chi connectivity index (χ4n) is 2.71. The van der Waals surface area contributed by atoms with Gasteiger partial charge in [0.05, 0.1) is 27.1 Å². The van der Waals surface area contributed by atoms with Crippen LogP contribution in [0.3, 0.4) is 0 Å². The second kappa shape index (κ2) is 9.65. The molecule has 1 heterocycles. The summed E-state index contributed by atoms with van der Waals surface area (Å²) in [6.45, 7) is 0.648. The van der Waals surface area contributed by atoms with E-state index >= 15 is 0 Å². The van der Waals surface area contributed by atoms with Gasteiger partial charge in [0.2, 0.25) is 5.95 Å². The van der Waals surface area contributed by atoms with E-state index in [1.54, 1.807) is 30.5 Å². The largest absolute Gasteiger partial charge is 0.593 e. The fourth-order valence-corrected chi connectivity index (χ4v) is 3.90. The van der Waals surface area contributed by atoms with Crippen molar-refractivity contribution < 1.29 is 4.55 Å². The van der Waals surface area contributed by atoms with E-state index in [-0.39, 0.29) is 5.95 Å². The van der Waals surface area contributed by atoms with Gasteiger partial charge >= 0.3 is 0 Å². The predicted molar refractivity (Wildman–Crippen MR) is 121 cm³/mol. The van der Waals surface area contributed by atoms with Gasteiger partial charge in [-0.1, -0.05) is 47.5 Å². The monoisotopic (exact) mass is 449 g/mol. The van der Waals surface area contributed by atoms with Crippen LogP contribution in [0.2, 0.25) is 10.0 Å². The molecule has 0 radical (unpaired) electrons. The molecule has 2 aromatic carbocycles. The van der Waals surface area contributed by atoms with Crippen molar-refractivity contribution in [3.05, 3.63) is 64.1 Å². The van der Waals surface area contributed by atoms with Crippen LogP contribution < -0.4 is 11.1 Å². The number of anilines is 2. The van der Waals surface area contributed by atoms with Crippen molar-refractivity contribution in [3.8, 4) is 11.3 Å². The predicted octanol–water partition coefficient (Wildman–Crippen LogP) is 4.27.